The van der Waals surface area contributed by atoms with Gasteiger partial charge in [0.2, 0.25) is 5.91 Å². The third-order valence-electron chi connectivity index (χ3n) is 4.59. The summed E-state index contributed by atoms with van der Waals surface area (Å²) in [6.07, 6.45) is 4.16. The van der Waals surface area contributed by atoms with E-state index < -0.39 is 0 Å². The Morgan fingerprint density at radius 3 is 2.38 bits per heavy atom. The molecule has 1 aliphatic carbocycles. The Hall–Kier alpha value is -1.22. The monoisotopic (exact) mass is 308 g/mol. The van der Waals surface area contributed by atoms with E-state index in [1.54, 1.807) is 18.2 Å². The Balaban J connectivity index is 1.93. The smallest absolute Gasteiger partial charge is 0.227 e. The number of carbonyl (C=O) groups is 1. The molecule has 0 spiro atoms. The molecule has 0 saturated heterocycles. The highest BCUT2D eigenvalue weighted by atomic mass is 35.5. The van der Waals surface area contributed by atoms with Crippen molar-refractivity contribution in [3.05, 3.63) is 23.2 Å². The average Bonchev–Trinajstić information content (AvgIpc) is 2.41. The number of nitrogens with one attached hydrogen (secondary N) is 1. The van der Waals surface area contributed by atoms with Gasteiger partial charge < -0.3 is 11.1 Å². The summed E-state index contributed by atoms with van der Waals surface area (Å²) in [4.78, 5) is 12.4. The maximum atomic E-state index is 12.4. The highest BCUT2D eigenvalue weighted by Crippen LogP contribution is 2.40. The molecule has 2 rings (SSSR count). The second-order valence-electron chi connectivity index (χ2n) is 7.14. The predicted molar refractivity (Wildman–Crippen MR) is 89.4 cm³/mol. The van der Waals surface area contributed by atoms with E-state index in [9.17, 15) is 4.79 Å². The van der Waals surface area contributed by atoms with E-state index in [-0.39, 0.29) is 11.8 Å². The summed E-state index contributed by atoms with van der Waals surface area (Å²) in [5, 5.41) is 3.52. The van der Waals surface area contributed by atoms with Crippen molar-refractivity contribution in [3.8, 4) is 0 Å². The largest absolute Gasteiger partial charge is 0.397 e. The van der Waals surface area contributed by atoms with Crippen molar-refractivity contribution >= 4 is 28.9 Å². The molecule has 0 unspecified atom stereocenters. The number of anilines is 2. The molecule has 1 fully saturated rings. The number of carbonyl (C=O) groups excluding carboxylic acids is 1. The van der Waals surface area contributed by atoms with Crippen LogP contribution in [-0.4, -0.2) is 5.91 Å². The normalized spacial score (nSPS) is 22.9. The first-order chi connectivity index (χ1) is 9.77. The van der Waals surface area contributed by atoms with E-state index in [1.807, 2.05) is 0 Å². The van der Waals surface area contributed by atoms with Gasteiger partial charge in [0, 0.05) is 10.9 Å². The van der Waals surface area contributed by atoms with Gasteiger partial charge in [0.25, 0.3) is 0 Å². The molecule has 3 nitrogen and oxygen atoms in total. The average molecular weight is 309 g/mol. The van der Waals surface area contributed by atoms with Gasteiger partial charge in [-0.25, -0.2) is 0 Å². The zero-order valence-corrected chi connectivity index (χ0v) is 13.8. The van der Waals surface area contributed by atoms with E-state index in [4.69, 9.17) is 17.3 Å². The lowest BCUT2D eigenvalue weighted by molar-refractivity contribution is -0.121. The van der Waals surface area contributed by atoms with Gasteiger partial charge in [-0.2, -0.15) is 0 Å². The van der Waals surface area contributed by atoms with Crippen LogP contribution in [0.2, 0.25) is 5.02 Å². The maximum absolute atomic E-state index is 12.4. The van der Waals surface area contributed by atoms with Gasteiger partial charge in [-0.3, -0.25) is 4.79 Å². The minimum atomic E-state index is 0.0800. The summed E-state index contributed by atoms with van der Waals surface area (Å²) in [6.45, 7) is 6.85. The van der Waals surface area contributed by atoms with Crippen molar-refractivity contribution in [2.45, 2.75) is 46.5 Å². The minimum Gasteiger partial charge on any atom is -0.397 e. The second kappa shape index (κ2) is 6.27. The molecule has 0 bridgehead atoms. The highest BCUT2D eigenvalue weighted by Gasteiger charge is 2.32. The van der Waals surface area contributed by atoms with Crippen molar-refractivity contribution in [1.82, 2.24) is 0 Å². The molecule has 0 aromatic heterocycles. The van der Waals surface area contributed by atoms with Crippen LogP contribution in [0.25, 0.3) is 0 Å². The number of nitrogens with two attached hydrogens (primary N) is 1. The van der Waals surface area contributed by atoms with Gasteiger partial charge in [0.05, 0.1) is 11.4 Å². The second-order valence-corrected chi connectivity index (χ2v) is 7.57. The molecule has 0 aliphatic heterocycles. The summed E-state index contributed by atoms with van der Waals surface area (Å²) in [5.41, 5.74) is 7.38. The van der Waals surface area contributed by atoms with Gasteiger partial charge in [0.15, 0.2) is 0 Å². The topological polar surface area (TPSA) is 55.1 Å². The maximum Gasteiger partial charge on any atom is 0.227 e. The van der Waals surface area contributed by atoms with E-state index in [1.165, 1.54) is 0 Å². The molecule has 0 heterocycles. The third kappa shape index (κ3) is 4.13. The SMILES string of the molecule is CC(C)(C)C1CCC(C(=O)Nc2ccc(Cl)cc2N)CC1. The van der Waals surface area contributed by atoms with Crippen LogP contribution in [-0.2, 0) is 4.79 Å². The van der Waals surface area contributed by atoms with E-state index >= 15 is 0 Å². The molecule has 1 saturated carbocycles. The lowest BCUT2D eigenvalue weighted by Gasteiger charge is -2.36. The van der Waals surface area contributed by atoms with Crippen LogP contribution in [0.1, 0.15) is 46.5 Å². The van der Waals surface area contributed by atoms with Crippen LogP contribution in [0.4, 0.5) is 11.4 Å². The molecule has 3 N–H and O–H groups in total. The van der Waals surface area contributed by atoms with Crippen LogP contribution in [0.15, 0.2) is 18.2 Å². The molecule has 21 heavy (non-hydrogen) atoms. The summed E-state index contributed by atoms with van der Waals surface area (Å²) in [5.74, 6) is 0.886. The van der Waals surface area contributed by atoms with Crippen molar-refractivity contribution in [2.75, 3.05) is 11.1 Å². The molecule has 4 heteroatoms. The Morgan fingerprint density at radius 1 is 1.24 bits per heavy atom. The van der Waals surface area contributed by atoms with Gasteiger partial charge in [0.1, 0.15) is 0 Å². The highest BCUT2D eigenvalue weighted by molar-refractivity contribution is 6.31. The minimum absolute atomic E-state index is 0.0800. The van der Waals surface area contributed by atoms with E-state index in [0.717, 1.165) is 25.7 Å². The van der Waals surface area contributed by atoms with E-state index in [0.29, 0.717) is 27.7 Å². The van der Waals surface area contributed by atoms with Crippen molar-refractivity contribution in [2.24, 2.45) is 17.3 Å². The zero-order valence-electron chi connectivity index (χ0n) is 13.1. The fraction of sp³-hybridized carbons (Fsp3) is 0.588. The quantitative estimate of drug-likeness (QED) is 0.777. The Kier molecular flexibility index (Phi) is 4.82. The lowest BCUT2D eigenvalue weighted by atomic mass is 9.69. The summed E-state index contributed by atoms with van der Waals surface area (Å²) in [6, 6.07) is 5.16. The van der Waals surface area contributed by atoms with Gasteiger partial charge in [-0.05, 0) is 55.2 Å². The molecule has 0 atom stereocenters. The standard InChI is InChI=1S/C17H25ClN2O/c1-17(2,3)12-6-4-11(5-7-12)16(21)20-15-9-8-13(18)10-14(15)19/h8-12H,4-7,19H2,1-3H3,(H,20,21). The van der Waals surface area contributed by atoms with Crippen molar-refractivity contribution < 1.29 is 4.79 Å². The van der Waals surface area contributed by atoms with Crippen molar-refractivity contribution in [1.29, 1.82) is 0 Å². The number of rotatable bonds is 2. The first-order valence-electron chi connectivity index (χ1n) is 7.63. The van der Waals surface area contributed by atoms with Crippen LogP contribution >= 0.6 is 11.6 Å². The first-order valence-corrected chi connectivity index (χ1v) is 8.01. The van der Waals surface area contributed by atoms with Crippen molar-refractivity contribution in [3.63, 3.8) is 0 Å². The molecule has 1 aromatic carbocycles. The third-order valence-corrected chi connectivity index (χ3v) is 4.83. The van der Waals surface area contributed by atoms with E-state index in [2.05, 4.69) is 26.1 Å². The number of amides is 1. The van der Waals surface area contributed by atoms with Gasteiger partial charge >= 0.3 is 0 Å². The number of nitrogen functional groups attached to an aromatic ring is 1. The fourth-order valence-corrected chi connectivity index (χ4v) is 3.28. The first kappa shape index (κ1) is 16.2. The van der Waals surface area contributed by atoms with Crippen LogP contribution in [0, 0.1) is 17.3 Å². The molecule has 116 valence electrons. The Labute approximate surface area is 132 Å². The predicted octanol–water partition coefficient (Wildman–Crippen LogP) is 4.71. The summed E-state index contributed by atoms with van der Waals surface area (Å²) < 4.78 is 0. The summed E-state index contributed by atoms with van der Waals surface area (Å²) >= 11 is 5.87. The molecule has 0 radical (unpaired) electrons. The van der Waals surface area contributed by atoms with Gasteiger partial charge in [-0.1, -0.05) is 32.4 Å². The number of halogens is 1. The Morgan fingerprint density at radius 2 is 1.86 bits per heavy atom. The molecular formula is C17H25ClN2O. The van der Waals surface area contributed by atoms with Gasteiger partial charge in [-0.15, -0.1) is 0 Å². The Bertz CT molecular complexity index is 514. The number of hydrogen-bond acceptors (Lipinski definition) is 2. The molecule has 1 amide bonds. The molecule has 1 aliphatic rings. The summed E-state index contributed by atoms with van der Waals surface area (Å²) in [7, 11) is 0. The molecule has 1 aromatic rings. The van der Waals surface area contributed by atoms with Crippen LogP contribution in [0.5, 0.6) is 0 Å². The number of benzene rings is 1. The fourth-order valence-electron chi connectivity index (χ4n) is 3.10. The van der Waals surface area contributed by atoms with Crippen LogP contribution < -0.4 is 11.1 Å². The number of hydrogen-bond donors (Lipinski definition) is 2. The zero-order chi connectivity index (χ0) is 15.6. The lowest BCUT2D eigenvalue weighted by Crippen LogP contribution is -2.31. The van der Waals surface area contributed by atoms with Crippen LogP contribution in [0.3, 0.4) is 0 Å². The molecular weight excluding hydrogens is 284 g/mol.